The third-order valence-electron chi connectivity index (χ3n) is 2.45. The Hall–Kier alpha value is -1.46. The van der Waals surface area contributed by atoms with Gasteiger partial charge in [-0.05, 0) is 24.1 Å². The fraction of sp³-hybridized carbons (Fsp3) is 0.417. The second-order valence-corrected chi connectivity index (χ2v) is 4.09. The minimum absolute atomic E-state index is 0.0802. The van der Waals surface area contributed by atoms with Crippen molar-refractivity contribution in [3.63, 3.8) is 0 Å². The highest BCUT2D eigenvalue weighted by Gasteiger charge is 2.07. The first-order chi connectivity index (χ1) is 8.04. The number of hydrogen-bond acceptors (Lipinski definition) is 3. The molecule has 0 aromatic heterocycles. The van der Waals surface area contributed by atoms with Gasteiger partial charge in [-0.2, -0.15) is 0 Å². The van der Waals surface area contributed by atoms with Crippen molar-refractivity contribution >= 4 is 5.91 Å². The summed E-state index contributed by atoms with van der Waals surface area (Å²) in [5, 5.41) is 11.8. The molecule has 0 aliphatic rings. The molecule has 1 amide bonds. The maximum Gasteiger partial charge on any atom is 0.248 e. The van der Waals surface area contributed by atoms with E-state index in [0.717, 1.165) is 0 Å². The zero-order chi connectivity index (χ0) is 12.8. The standard InChI is InChI=1S/C12H17FN2O2/c1-8(7-16)5-15-6-10-4-9(12(14)17)2-3-11(10)13/h2-4,8,15-16H,5-7H2,1H3,(H2,14,17). The van der Waals surface area contributed by atoms with Crippen LogP contribution in [0, 0.1) is 11.7 Å². The molecule has 4 N–H and O–H groups in total. The predicted molar refractivity (Wildman–Crippen MR) is 62.9 cm³/mol. The number of aliphatic hydroxyl groups is 1. The third-order valence-corrected chi connectivity index (χ3v) is 2.45. The maximum absolute atomic E-state index is 13.4. The molecule has 1 aromatic carbocycles. The molecule has 0 fully saturated rings. The number of carbonyl (C=O) groups excluding carboxylic acids is 1. The maximum atomic E-state index is 13.4. The van der Waals surface area contributed by atoms with E-state index in [2.05, 4.69) is 5.32 Å². The van der Waals surface area contributed by atoms with Crippen LogP contribution < -0.4 is 11.1 Å². The Morgan fingerprint density at radius 3 is 2.88 bits per heavy atom. The number of nitrogens with two attached hydrogens (primary N) is 1. The van der Waals surface area contributed by atoms with Gasteiger partial charge in [-0.1, -0.05) is 6.92 Å². The van der Waals surface area contributed by atoms with Gasteiger partial charge in [-0.25, -0.2) is 4.39 Å². The summed E-state index contributed by atoms with van der Waals surface area (Å²) in [7, 11) is 0. The number of benzene rings is 1. The summed E-state index contributed by atoms with van der Waals surface area (Å²) in [6.45, 7) is 2.84. The van der Waals surface area contributed by atoms with Gasteiger partial charge < -0.3 is 16.2 Å². The van der Waals surface area contributed by atoms with E-state index in [0.29, 0.717) is 24.2 Å². The lowest BCUT2D eigenvalue weighted by atomic mass is 10.1. The summed E-state index contributed by atoms with van der Waals surface area (Å²) in [4.78, 5) is 10.9. The molecule has 0 spiro atoms. The lowest BCUT2D eigenvalue weighted by Gasteiger charge is -2.10. The van der Waals surface area contributed by atoms with Gasteiger partial charge in [0.05, 0.1) is 0 Å². The van der Waals surface area contributed by atoms with E-state index in [4.69, 9.17) is 10.8 Å². The van der Waals surface area contributed by atoms with Gasteiger partial charge in [-0.15, -0.1) is 0 Å². The average Bonchev–Trinajstić information content (AvgIpc) is 2.30. The lowest BCUT2D eigenvalue weighted by molar-refractivity contribution is 0.1000. The number of rotatable bonds is 6. The van der Waals surface area contributed by atoms with Crippen LogP contribution in [0.15, 0.2) is 18.2 Å². The van der Waals surface area contributed by atoms with Crippen LogP contribution in [0.4, 0.5) is 4.39 Å². The van der Waals surface area contributed by atoms with Crippen LogP contribution in [0.2, 0.25) is 0 Å². The van der Waals surface area contributed by atoms with Crippen molar-refractivity contribution in [1.82, 2.24) is 5.32 Å². The molecule has 1 atom stereocenters. The normalized spacial score (nSPS) is 12.4. The van der Waals surface area contributed by atoms with Crippen molar-refractivity contribution in [2.75, 3.05) is 13.2 Å². The topological polar surface area (TPSA) is 75.3 Å². The van der Waals surface area contributed by atoms with Crippen LogP contribution in [0.25, 0.3) is 0 Å². The molecule has 1 aromatic rings. The van der Waals surface area contributed by atoms with Crippen LogP contribution in [-0.4, -0.2) is 24.2 Å². The molecule has 0 aliphatic carbocycles. The number of hydrogen-bond donors (Lipinski definition) is 3. The smallest absolute Gasteiger partial charge is 0.248 e. The first kappa shape index (κ1) is 13.6. The van der Waals surface area contributed by atoms with Crippen molar-refractivity contribution in [1.29, 1.82) is 0 Å². The molecule has 0 radical (unpaired) electrons. The van der Waals surface area contributed by atoms with E-state index in [1.807, 2.05) is 6.92 Å². The van der Waals surface area contributed by atoms with E-state index in [9.17, 15) is 9.18 Å². The zero-order valence-corrected chi connectivity index (χ0v) is 9.74. The quantitative estimate of drug-likeness (QED) is 0.683. The van der Waals surface area contributed by atoms with Crippen molar-refractivity contribution < 1.29 is 14.3 Å². The van der Waals surface area contributed by atoms with Gasteiger partial charge in [0.15, 0.2) is 0 Å². The van der Waals surface area contributed by atoms with Gasteiger partial charge in [0.25, 0.3) is 0 Å². The SMILES string of the molecule is CC(CO)CNCc1cc(C(N)=O)ccc1F. The first-order valence-electron chi connectivity index (χ1n) is 5.44. The highest BCUT2D eigenvalue weighted by atomic mass is 19.1. The van der Waals surface area contributed by atoms with E-state index >= 15 is 0 Å². The van der Waals surface area contributed by atoms with Gasteiger partial charge in [0.1, 0.15) is 5.82 Å². The number of aliphatic hydroxyl groups excluding tert-OH is 1. The van der Waals surface area contributed by atoms with E-state index in [1.165, 1.54) is 18.2 Å². The number of halogens is 1. The summed E-state index contributed by atoms with van der Waals surface area (Å²) in [6, 6.07) is 4.03. The molecule has 5 heteroatoms. The number of amides is 1. The van der Waals surface area contributed by atoms with E-state index < -0.39 is 5.91 Å². The number of carbonyl (C=O) groups is 1. The summed E-state index contributed by atoms with van der Waals surface area (Å²) < 4.78 is 13.4. The van der Waals surface area contributed by atoms with E-state index in [1.54, 1.807) is 0 Å². The molecule has 17 heavy (non-hydrogen) atoms. The lowest BCUT2D eigenvalue weighted by Crippen LogP contribution is -2.23. The second-order valence-electron chi connectivity index (χ2n) is 4.09. The van der Waals surface area contributed by atoms with Crippen LogP contribution in [0.5, 0.6) is 0 Å². The highest BCUT2D eigenvalue weighted by molar-refractivity contribution is 5.92. The summed E-state index contributed by atoms with van der Waals surface area (Å²) >= 11 is 0. The molecule has 1 unspecified atom stereocenters. The Morgan fingerprint density at radius 2 is 2.29 bits per heavy atom. The molecule has 0 bridgehead atoms. The fourth-order valence-electron chi connectivity index (χ4n) is 1.38. The Labute approximate surface area is 99.6 Å². The third kappa shape index (κ3) is 4.13. The predicted octanol–water partition coefficient (Wildman–Crippen LogP) is 0.643. The number of primary amides is 1. The van der Waals surface area contributed by atoms with Crippen molar-refractivity contribution in [2.45, 2.75) is 13.5 Å². The zero-order valence-electron chi connectivity index (χ0n) is 9.74. The molecule has 1 rings (SSSR count). The molecule has 4 nitrogen and oxygen atoms in total. The van der Waals surface area contributed by atoms with Gasteiger partial charge in [-0.3, -0.25) is 4.79 Å². The fourth-order valence-corrected chi connectivity index (χ4v) is 1.38. The molecular formula is C12H17FN2O2. The molecule has 94 valence electrons. The largest absolute Gasteiger partial charge is 0.396 e. The first-order valence-corrected chi connectivity index (χ1v) is 5.44. The molecular weight excluding hydrogens is 223 g/mol. The second kappa shape index (κ2) is 6.32. The highest BCUT2D eigenvalue weighted by Crippen LogP contribution is 2.10. The van der Waals surface area contributed by atoms with E-state index in [-0.39, 0.29) is 18.3 Å². The van der Waals surface area contributed by atoms with Crippen molar-refractivity contribution in [2.24, 2.45) is 11.7 Å². The molecule has 0 saturated heterocycles. The Kier molecular flexibility index (Phi) is 5.06. The van der Waals surface area contributed by atoms with Crippen molar-refractivity contribution in [3.05, 3.63) is 35.1 Å². The molecule has 0 aliphatic heterocycles. The van der Waals surface area contributed by atoms with Crippen LogP contribution in [-0.2, 0) is 6.54 Å². The number of nitrogens with one attached hydrogen (secondary N) is 1. The Morgan fingerprint density at radius 1 is 1.59 bits per heavy atom. The van der Waals surface area contributed by atoms with Crippen molar-refractivity contribution in [3.8, 4) is 0 Å². The molecule has 0 saturated carbocycles. The van der Waals surface area contributed by atoms with Crippen LogP contribution in [0.3, 0.4) is 0 Å². The van der Waals surface area contributed by atoms with Gasteiger partial charge >= 0.3 is 0 Å². The van der Waals surface area contributed by atoms with Crippen LogP contribution >= 0.6 is 0 Å². The summed E-state index contributed by atoms with van der Waals surface area (Å²) in [5.41, 5.74) is 5.80. The van der Waals surface area contributed by atoms with Gasteiger partial charge in [0.2, 0.25) is 5.91 Å². The minimum Gasteiger partial charge on any atom is -0.396 e. The Balaban J connectivity index is 2.63. The minimum atomic E-state index is -0.574. The summed E-state index contributed by atoms with van der Waals surface area (Å²) in [5.74, 6) is -0.841. The summed E-state index contributed by atoms with van der Waals surface area (Å²) in [6.07, 6.45) is 0. The Bertz CT molecular complexity index is 396. The molecule has 0 heterocycles. The van der Waals surface area contributed by atoms with Crippen LogP contribution in [0.1, 0.15) is 22.8 Å². The monoisotopic (exact) mass is 240 g/mol. The van der Waals surface area contributed by atoms with Gasteiger partial charge in [0, 0.05) is 30.8 Å². The average molecular weight is 240 g/mol.